The largest absolute Gasteiger partial charge is 0.481 e. The number of hydrogen-bond acceptors (Lipinski definition) is 5. The molecule has 27 heavy (non-hydrogen) atoms. The molecule has 0 amide bonds. The van der Waals surface area contributed by atoms with Crippen LogP contribution in [0.1, 0.15) is 31.7 Å². The quantitative estimate of drug-likeness (QED) is 0.729. The lowest BCUT2D eigenvalue weighted by molar-refractivity contribution is 0.396. The number of anilines is 2. The Bertz CT molecular complexity index is 786. The van der Waals surface area contributed by atoms with E-state index in [-0.39, 0.29) is 0 Å². The molecular weight excluding hydrogens is 382 g/mol. The molecule has 3 rings (SSSR count). The maximum absolute atomic E-state index is 5.91. The van der Waals surface area contributed by atoms with E-state index in [0.717, 1.165) is 24.3 Å². The molecule has 2 N–H and O–H groups in total. The van der Waals surface area contributed by atoms with Crippen LogP contribution < -0.4 is 20.3 Å². The first-order chi connectivity index (χ1) is 13.0. The highest BCUT2D eigenvalue weighted by Crippen LogP contribution is 2.26. The number of benzene rings is 1. The average molecular weight is 406 g/mol. The van der Waals surface area contributed by atoms with Crippen molar-refractivity contribution in [1.29, 1.82) is 0 Å². The van der Waals surface area contributed by atoms with E-state index in [9.17, 15) is 0 Å². The van der Waals surface area contributed by atoms with E-state index in [1.807, 2.05) is 30.3 Å². The lowest BCUT2D eigenvalue weighted by Gasteiger charge is -2.34. The summed E-state index contributed by atoms with van der Waals surface area (Å²) in [4.78, 5) is 11.3. The maximum Gasteiger partial charge on any atom is 0.234 e. The minimum atomic E-state index is 0.427. The van der Waals surface area contributed by atoms with Crippen molar-refractivity contribution in [3.8, 4) is 5.88 Å². The first-order valence-electron chi connectivity index (χ1n) is 9.04. The molecule has 0 spiro atoms. The molecule has 8 heteroatoms. The number of aromatic nitrogens is 2. The number of hydrogen-bond donors (Lipinski definition) is 2. The Balaban J connectivity index is 1.67. The molecule has 1 saturated heterocycles. The predicted molar refractivity (Wildman–Crippen MR) is 114 cm³/mol. The van der Waals surface area contributed by atoms with Gasteiger partial charge in [0, 0.05) is 30.2 Å². The van der Waals surface area contributed by atoms with Gasteiger partial charge < -0.3 is 20.3 Å². The molecule has 1 aliphatic heterocycles. The standard InChI is InChI=1S/C19H24ClN5OS/c1-13-5-3-4-10-25(13)16-11-17(26-2)23-18(22-16)24-19(27)21-12-14-6-8-15(20)9-7-14/h6-9,11,13H,3-5,10,12H2,1-2H3,(H2,21,22,23,24,27)/t13-/m0/s1. The summed E-state index contributed by atoms with van der Waals surface area (Å²) < 4.78 is 5.35. The molecule has 0 radical (unpaired) electrons. The van der Waals surface area contributed by atoms with Crippen molar-refractivity contribution in [2.24, 2.45) is 0 Å². The molecule has 1 fully saturated rings. The van der Waals surface area contributed by atoms with Gasteiger partial charge in [0.05, 0.1) is 7.11 Å². The number of nitrogens with zero attached hydrogens (tertiary/aromatic N) is 3. The Labute approximate surface area is 170 Å². The monoisotopic (exact) mass is 405 g/mol. The van der Waals surface area contributed by atoms with E-state index in [2.05, 4.69) is 32.4 Å². The number of ether oxygens (including phenoxy) is 1. The van der Waals surface area contributed by atoms with Crippen LogP contribution in [0.2, 0.25) is 5.02 Å². The van der Waals surface area contributed by atoms with Crippen LogP contribution in [0.25, 0.3) is 0 Å². The van der Waals surface area contributed by atoms with Gasteiger partial charge in [-0.2, -0.15) is 9.97 Å². The Morgan fingerprint density at radius 3 is 2.78 bits per heavy atom. The van der Waals surface area contributed by atoms with Crippen LogP contribution in [0.5, 0.6) is 5.88 Å². The molecule has 1 atom stereocenters. The molecule has 0 bridgehead atoms. The molecule has 2 heterocycles. The Morgan fingerprint density at radius 2 is 2.07 bits per heavy atom. The second-order valence-corrected chi connectivity index (χ2v) is 7.41. The third-order valence-electron chi connectivity index (χ3n) is 4.59. The SMILES string of the molecule is COc1cc(N2CCCC[C@@H]2C)nc(NC(=S)NCc2ccc(Cl)cc2)n1. The van der Waals surface area contributed by atoms with Crippen molar-refractivity contribution in [2.45, 2.75) is 38.8 Å². The highest BCUT2D eigenvalue weighted by molar-refractivity contribution is 7.80. The van der Waals surface area contributed by atoms with Gasteiger partial charge in [0.2, 0.25) is 11.8 Å². The first-order valence-corrected chi connectivity index (χ1v) is 9.83. The fourth-order valence-corrected chi connectivity index (χ4v) is 3.38. The third kappa shape index (κ3) is 5.43. The summed E-state index contributed by atoms with van der Waals surface area (Å²) in [6.45, 7) is 3.79. The van der Waals surface area contributed by atoms with E-state index < -0.39 is 0 Å². The van der Waals surface area contributed by atoms with Crippen molar-refractivity contribution in [3.05, 3.63) is 40.9 Å². The summed E-state index contributed by atoms with van der Waals surface area (Å²) in [5.41, 5.74) is 1.08. The summed E-state index contributed by atoms with van der Waals surface area (Å²) in [6.07, 6.45) is 3.58. The number of halogens is 1. The minimum Gasteiger partial charge on any atom is -0.481 e. The third-order valence-corrected chi connectivity index (χ3v) is 5.09. The number of rotatable bonds is 5. The van der Waals surface area contributed by atoms with E-state index in [1.165, 1.54) is 12.8 Å². The zero-order valence-corrected chi connectivity index (χ0v) is 17.1. The van der Waals surface area contributed by atoms with E-state index in [4.69, 9.17) is 28.6 Å². The summed E-state index contributed by atoms with van der Waals surface area (Å²) in [6, 6.07) is 9.93. The number of piperidine rings is 1. The molecular formula is C19H24ClN5OS. The first kappa shape index (κ1) is 19.6. The maximum atomic E-state index is 5.91. The highest BCUT2D eigenvalue weighted by atomic mass is 35.5. The van der Waals surface area contributed by atoms with Gasteiger partial charge in [-0.05, 0) is 56.1 Å². The number of thiocarbonyl (C=S) groups is 1. The van der Waals surface area contributed by atoms with Gasteiger partial charge in [-0.15, -0.1) is 0 Å². The topological polar surface area (TPSA) is 62.3 Å². The summed E-state index contributed by atoms with van der Waals surface area (Å²) >= 11 is 11.3. The molecule has 0 saturated carbocycles. The molecule has 0 aliphatic carbocycles. The van der Waals surface area contributed by atoms with Gasteiger partial charge in [-0.25, -0.2) is 0 Å². The zero-order chi connectivity index (χ0) is 19.2. The fraction of sp³-hybridized carbons (Fsp3) is 0.421. The van der Waals surface area contributed by atoms with Crippen LogP contribution >= 0.6 is 23.8 Å². The van der Waals surface area contributed by atoms with Crippen LogP contribution in [-0.4, -0.2) is 34.8 Å². The van der Waals surface area contributed by atoms with Crippen molar-refractivity contribution in [3.63, 3.8) is 0 Å². The van der Waals surface area contributed by atoms with Gasteiger partial charge in [0.25, 0.3) is 0 Å². The van der Waals surface area contributed by atoms with E-state index >= 15 is 0 Å². The van der Waals surface area contributed by atoms with Crippen LogP contribution in [0, 0.1) is 0 Å². The van der Waals surface area contributed by atoms with Crippen molar-refractivity contribution >= 4 is 40.7 Å². The van der Waals surface area contributed by atoms with Crippen LogP contribution in [0.15, 0.2) is 30.3 Å². The van der Waals surface area contributed by atoms with Crippen LogP contribution in [0.4, 0.5) is 11.8 Å². The van der Waals surface area contributed by atoms with Gasteiger partial charge >= 0.3 is 0 Å². The second-order valence-electron chi connectivity index (χ2n) is 6.56. The van der Waals surface area contributed by atoms with Crippen molar-refractivity contribution < 1.29 is 4.74 Å². The molecule has 0 unspecified atom stereocenters. The highest BCUT2D eigenvalue weighted by Gasteiger charge is 2.21. The molecule has 1 aromatic heterocycles. The Hall–Kier alpha value is -2.12. The zero-order valence-electron chi connectivity index (χ0n) is 15.5. The Kier molecular flexibility index (Phi) is 6.68. The van der Waals surface area contributed by atoms with Crippen molar-refractivity contribution in [1.82, 2.24) is 15.3 Å². The smallest absolute Gasteiger partial charge is 0.234 e. The van der Waals surface area contributed by atoms with Crippen LogP contribution in [0.3, 0.4) is 0 Å². The average Bonchev–Trinajstić information content (AvgIpc) is 2.67. The van der Waals surface area contributed by atoms with Crippen LogP contribution in [-0.2, 0) is 6.54 Å². The molecule has 6 nitrogen and oxygen atoms in total. The van der Waals surface area contributed by atoms with Gasteiger partial charge in [-0.3, -0.25) is 0 Å². The molecule has 1 aliphatic rings. The van der Waals surface area contributed by atoms with Gasteiger partial charge in [0.1, 0.15) is 5.82 Å². The second kappa shape index (κ2) is 9.19. The summed E-state index contributed by atoms with van der Waals surface area (Å²) in [5.74, 6) is 1.80. The summed E-state index contributed by atoms with van der Waals surface area (Å²) in [5, 5.41) is 7.38. The van der Waals surface area contributed by atoms with E-state index in [0.29, 0.717) is 34.5 Å². The van der Waals surface area contributed by atoms with E-state index in [1.54, 1.807) is 7.11 Å². The predicted octanol–water partition coefficient (Wildman–Crippen LogP) is 4.00. The Morgan fingerprint density at radius 1 is 1.30 bits per heavy atom. The van der Waals surface area contributed by atoms with Gasteiger partial charge in [0.15, 0.2) is 5.11 Å². The lowest BCUT2D eigenvalue weighted by Crippen LogP contribution is -2.38. The normalized spacial score (nSPS) is 16.7. The lowest BCUT2D eigenvalue weighted by atomic mass is 10.0. The van der Waals surface area contributed by atoms with Gasteiger partial charge in [-0.1, -0.05) is 23.7 Å². The molecule has 2 aromatic rings. The number of nitrogens with one attached hydrogen (secondary N) is 2. The summed E-state index contributed by atoms with van der Waals surface area (Å²) in [7, 11) is 1.60. The fourth-order valence-electron chi connectivity index (χ4n) is 3.09. The number of methoxy groups -OCH3 is 1. The molecule has 1 aromatic carbocycles. The van der Waals surface area contributed by atoms with Crippen molar-refractivity contribution in [2.75, 3.05) is 23.9 Å². The minimum absolute atomic E-state index is 0.427. The molecule has 144 valence electrons.